The zero-order chi connectivity index (χ0) is 9.84. The van der Waals surface area contributed by atoms with Crippen molar-refractivity contribution < 1.29 is 5.11 Å². The first kappa shape index (κ1) is 9.83. The topological polar surface area (TPSA) is 84.3 Å². The number of nitrogen functional groups attached to an aromatic ring is 2. The van der Waals surface area contributed by atoms with E-state index in [1.807, 2.05) is 0 Å². The Labute approximate surface area is 77.6 Å². The molecule has 0 radical (unpaired) electrons. The van der Waals surface area contributed by atoms with Gasteiger partial charge >= 0.3 is 0 Å². The Hall–Kier alpha value is -1.26. The summed E-state index contributed by atoms with van der Waals surface area (Å²) in [6.07, 6.45) is 0. The maximum atomic E-state index is 9.04. The lowest BCUT2D eigenvalue weighted by Crippen LogP contribution is -2.21. The van der Waals surface area contributed by atoms with Crippen molar-refractivity contribution >= 4 is 11.4 Å². The molecule has 13 heavy (non-hydrogen) atoms. The van der Waals surface area contributed by atoms with Crippen molar-refractivity contribution in [1.82, 2.24) is 5.32 Å². The minimum absolute atomic E-state index is 0.00412. The van der Waals surface area contributed by atoms with Crippen molar-refractivity contribution in [2.75, 3.05) is 25.1 Å². The van der Waals surface area contributed by atoms with Gasteiger partial charge in [-0.3, -0.25) is 0 Å². The molecule has 0 bridgehead atoms. The third-order valence-corrected chi connectivity index (χ3v) is 2.02. The number of nitrogens with two attached hydrogens (primary N) is 2. The monoisotopic (exact) mass is 181 g/mol. The van der Waals surface area contributed by atoms with Crippen molar-refractivity contribution in [3.05, 3.63) is 23.8 Å². The molecule has 6 N–H and O–H groups in total. The molecular weight excluding hydrogens is 166 g/mol. The van der Waals surface area contributed by atoms with Crippen molar-refractivity contribution in [3.63, 3.8) is 0 Å². The van der Waals surface area contributed by atoms with Crippen molar-refractivity contribution in [2.24, 2.45) is 0 Å². The Bertz CT molecular complexity index is 284. The number of aliphatic hydroxyl groups excluding tert-OH is 1. The first-order valence-electron chi connectivity index (χ1n) is 4.12. The molecule has 1 rings (SSSR count). The molecule has 0 saturated heterocycles. The van der Waals surface area contributed by atoms with E-state index in [1.54, 1.807) is 25.2 Å². The molecule has 0 spiro atoms. The highest BCUT2D eigenvalue weighted by Crippen LogP contribution is 2.22. The molecule has 0 aliphatic rings. The molecule has 0 aliphatic carbocycles. The van der Waals surface area contributed by atoms with Crippen LogP contribution in [-0.2, 0) is 0 Å². The molecule has 0 saturated carbocycles. The summed E-state index contributed by atoms with van der Waals surface area (Å²) in [4.78, 5) is 0. The third-order valence-electron chi connectivity index (χ3n) is 2.02. The number of nitrogens with one attached hydrogen (secondary N) is 1. The number of hydrogen-bond donors (Lipinski definition) is 4. The standard InChI is InChI=1S/C9H15N3O/c1-12-9(5-13)7-4-6(10)2-3-8(7)11/h2-4,9,12-13H,5,10-11H2,1H3. The second kappa shape index (κ2) is 4.11. The molecular formula is C9H15N3O. The molecule has 0 fully saturated rings. The molecule has 4 heteroatoms. The number of likely N-dealkylation sites (N-methyl/N-ethyl adjacent to an activating group) is 1. The van der Waals surface area contributed by atoms with Crippen LogP contribution in [0.1, 0.15) is 11.6 Å². The largest absolute Gasteiger partial charge is 0.399 e. The average molecular weight is 181 g/mol. The fourth-order valence-corrected chi connectivity index (χ4v) is 1.24. The highest BCUT2D eigenvalue weighted by atomic mass is 16.3. The molecule has 72 valence electrons. The van der Waals surface area contributed by atoms with E-state index < -0.39 is 0 Å². The molecule has 1 aromatic rings. The number of rotatable bonds is 3. The third kappa shape index (κ3) is 2.11. The van der Waals surface area contributed by atoms with Gasteiger partial charge in [0.15, 0.2) is 0 Å². The molecule has 0 amide bonds. The fraction of sp³-hybridized carbons (Fsp3) is 0.333. The quantitative estimate of drug-likeness (QED) is 0.498. The van der Waals surface area contributed by atoms with Gasteiger partial charge in [-0.1, -0.05) is 0 Å². The van der Waals surface area contributed by atoms with E-state index in [4.69, 9.17) is 16.6 Å². The number of benzene rings is 1. The summed E-state index contributed by atoms with van der Waals surface area (Å²) < 4.78 is 0. The molecule has 0 aromatic heterocycles. The molecule has 1 unspecified atom stereocenters. The smallest absolute Gasteiger partial charge is 0.0627 e. The van der Waals surface area contributed by atoms with Gasteiger partial charge in [0.05, 0.1) is 12.6 Å². The van der Waals surface area contributed by atoms with Crippen LogP contribution in [0.5, 0.6) is 0 Å². The van der Waals surface area contributed by atoms with E-state index in [2.05, 4.69) is 5.32 Å². The Morgan fingerprint density at radius 3 is 2.69 bits per heavy atom. The van der Waals surface area contributed by atoms with Gasteiger partial charge < -0.3 is 21.9 Å². The van der Waals surface area contributed by atoms with Crippen molar-refractivity contribution in [2.45, 2.75) is 6.04 Å². The van der Waals surface area contributed by atoms with Gasteiger partial charge in [0.25, 0.3) is 0 Å². The van der Waals surface area contributed by atoms with Gasteiger partial charge in [0.2, 0.25) is 0 Å². The van der Waals surface area contributed by atoms with Gasteiger partial charge in [-0.05, 0) is 30.8 Å². The number of anilines is 2. The summed E-state index contributed by atoms with van der Waals surface area (Å²) in [6, 6.07) is 5.10. The molecule has 4 nitrogen and oxygen atoms in total. The average Bonchev–Trinajstić information content (AvgIpc) is 2.13. The highest BCUT2D eigenvalue weighted by molar-refractivity contribution is 5.56. The van der Waals surface area contributed by atoms with Crippen molar-refractivity contribution in [3.8, 4) is 0 Å². The fourth-order valence-electron chi connectivity index (χ4n) is 1.24. The zero-order valence-electron chi connectivity index (χ0n) is 7.62. The maximum Gasteiger partial charge on any atom is 0.0627 e. The molecule has 1 aromatic carbocycles. The zero-order valence-corrected chi connectivity index (χ0v) is 7.62. The summed E-state index contributed by atoms with van der Waals surface area (Å²) in [5, 5.41) is 12.0. The first-order chi connectivity index (χ1) is 6.19. The van der Waals surface area contributed by atoms with Gasteiger partial charge in [0, 0.05) is 11.4 Å². The van der Waals surface area contributed by atoms with E-state index in [0.717, 1.165) is 5.56 Å². The van der Waals surface area contributed by atoms with Crippen LogP contribution in [0.2, 0.25) is 0 Å². The van der Waals surface area contributed by atoms with Gasteiger partial charge in [-0.25, -0.2) is 0 Å². The minimum atomic E-state index is -0.150. The van der Waals surface area contributed by atoms with E-state index in [9.17, 15) is 0 Å². The Kier molecular flexibility index (Phi) is 3.11. The molecule has 0 heterocycles. The number of aliphatic hydroxyl groups is 1. The Balaban J connectivity index is 3.03. The molecule has 1 atom stereocenters. The summed E-state index contributed by atoms with van der Waals surface area (Å²) in [6.45, 7) is 0.00412. The van der Waals surface area contributed by atoms with Gasteiger partial charge in [-0.2, -0.15) is 0 Å². The van der Waals surface area contributed by atoms with Gasteiger partial charge in [0.1, 0.15) is 0 Å². The minimum Gasteiger partial charge on any atom is -0.399 e. The lowest BCUT2D eigenvalue weighted by molar-refractivity contribution is 0.251. The van der Waals surface area contributed by atoms with Crippen LogP contribution < -0.4 is 16.8 Å². The maximum absolute atomic E-state index is 9.04. The van der Waals surface area contributed by atoms with Gasteiger partial charge in [-0.15, -0.1) is 0 Å². The van der Waals surface area contributed by atoms with Crippen LogP contribution in [0.4, 0.5) is 11.4 Å². The second-order valence-electron chi connectivity index (χ2n) is 2.91. The predicted octanol–water partition coefficient (Wildman–Crippen LogP) is 0.104. The normalized spacial score (nSPS) is 12.8. The molecule has 0 aliphatic heterocycles. The summed E-state index contributed by atoms with van der Waals surface area (Å²) in [7, 11) is 1.77. The van der Waals surface area contributed by atoms with E-state index >= 15 is 0 Å². The number of hydrogen-bond acceptors (Lipinski definition) is 4. The second-order valence-corrected chi connectivity index (χ2v) is 2.91. The first-order valence-corrected chi connectivity index (χ1v) is 4.12. The van der Waals surface area contributed by atoms with Crippen LogP contribution >= 0.6 is 0 Å². The SMILES string of the molecule is CNC(CO)c1cc(N)ccc1N. The highest BCUT2D eigenvalue weighted by Gasteiger charge is 2.10. The Morgan fingerprint density at radius 1 is 1.46 bits per heavy atom. The van der Waals surface area contributed by atoms with Crippen LogP contribution in [0.15, 0.2) is 18.2 Å². The van der Waals surface area contributed by atoms with Crippen LogP contribution in [0.3, 0.4) is 0 Å². The summed E-state index contributed by atoms with van der Waals surface area (Å²) in [5.74, 6) is 0. The Morgan fingerprint density at radius 2 is 2.15 bits per heavy atom. The van der Waals surface area contributed by atoms with Crippen LogP contribution in [0.25, 0.3) is 0 Å². The van der Waals surface area contributed by atoms with E-state index in [1.165, 1.54) is 0 Å². The van der Waals surface area contributed by atoms with E-state index in [-0.39, 0.29) is 12.6 Å². The predicted molar refractivity (Wildman–Crippen MR) is 54.2 cm³/mol. The summed E-state index contributed by atoms with van der Waals surface area (Å²) >= 11 is 0. The lowest BCUT2D eigenvalue weighted by atomic mass is 10.0. The summed E-state index contributed by atoms with van der Waals surface area (Å²) in [5.41, 5.74) is 13.5. The van der Waals surface area contributed by atoms with E-state index in [0.29, 0.717) is 11.4 Å². The van der Waals surface area contributed by atoms with Crippen molar-refractivity contribution in [1.29, 1.82) is 0 Å². The lowest BCUT2D eigenvalue weighted by Gasteiger charge is -2.16. The van der Waals surface area contributed by atoms with Crippen LogP contribution in [-0.4, -0.2) is 18.8 Å². The van der Waals surface area contributed by atoms with Crippen LogP contribution in [0, 0.1) is 0 Å².